The van der Waals surface area contributed by atoms with E-state index >= 15 is 0 Å². The summed E-state index contributed by atoms with van der Waals surface area (Å²) in [5, 5.41) is 17.2. The molecular weight excluding hydrogens is 294 g/mol. The molecule has 4 aromatic rings. The Kier molecular flexibility index (Phi) is 3.69. The summed E-state index contributed by atoms with van der Waals surface area (Å²) in [5.74, 6) is 0. The molecule has 0 aromatic heterocycles. The summed E-state index contributed by atoms with van der Waals surface area (Å²) in [5.41, 5.74) is 7.20. The van der Waals surface area contributed by atoms with Crippen LogP contribution in [0.4, 0.5) is 0 Å². The van der Waals surface area contributed by atoms with Crippen LogP contribution in [0.5, 0.6) is 0 Å². The first-order valence-electron chi connectivity index (χ1n) is 7.27. The van der Waals surface area contributed by atoms with Gasteiger partial charge in [-0.25, -0.2) is 0 Å². The van der Waals surface area contributed by atoms with Crippen LogP contribution in [0.3, 0.4) is 0 Å². The molecule has 2 atom stereocenters. The molecule has 0 amide bonds. The van der Waals surface area contributed by atoms with Crippen molar-refractivity contribution in [1.29, 1.82) is 0 Å². The van der Waals surface area contributed by atoms with E-state index in [0.29, 0.717) is 0 Å². The van der Waals surface area contributed by atoms with Crippen molar-refractivity contribution in [2.45, 2.75) is 19.1 Å². The van der Waals surface area contributed by atoms with E-state index < -0.39 is 6.10 Å². The maximum atomic E-state index is 9.85. The van der Waals surface area contributed by atoms with E-state index in [9.17, 15) is 5.11 Å². The van der Waals surface area contributed by atoms with Gasteiger partial charge in [-0.05, 0) is 44.8 Å². The van der Waals surface area contributed by atoms with E-state index in [-0.39, 0.29) is 18.4 Å². The van der Waals surface area contributed by atoms with Gasteiger partial charge in [0.1, 0.15) is 0 Å². The van der Waals surface area contributed by atoms with Crippen LogP contribution in [0.15, 0.2) is 54.6 Å². The van der Waals surface area contributed by atoms with Crippen LogP contribution < -0.4 is 5.73 Å². The van der Waals surface area contributed by atoms with Crippen LogP contribution in [-0.4, -0.2) is 11.2 Å². The number of aliphatic hydroxyl groups excluding tert-OH is 1. The summed E-state index contributed by atoms with van der Waals surface area (Å²) >= 11 is 0. The lowest BCUT2D eigenvalue weighted by Gasteiger charge is -2.19. The van der Waals surface area contributed by atoms with Crippen LogP contribution in [-0.2, 0) is 0 Å². The minimum absolute atomic E-state index is 0. The van der Waals surface area contributed by atoms with E-state index in [4.69, 9.17) is 5.73 Å². The van der Waals surface area contributed by atoms with Gasteiger partial charge in [0.15, 0.2) is 0 Å². The highest BCUT2D eigenvalue weighted by Crippen LogP contribution is 2.37. The first-order valence-corrected chi connectivity index (χ1v) is 7.27. The molecule has 112 valence electrons. The number of rotatable bonds is 2. The first-order chi connectivity index (χ1) is 10.2. The number of benzene rings is 4. The molecule has 3 heteroatoms. The Balaban J connectivity index is 0.00000144. The standard InChI is InChI=1S/C19H17NO.ClH/c1-11(21)19(20)16-10-8-14-6-5-12-3-2-4-13-7-9-15(16)18(14)17(12)13;/h2-11,19,21H,20H2,1H3;1H/t11-,19-;/m0./s1. The molecule has 0 aliphatic rings. The second-order valence-electron chi connectivity index (χ2n) is 5.78. The van der Waals surface area contributed by atoms with Gasteiger partial charge in [0.05, 0.1) is 12.1 Å². The smallest absolute Gasteiger partial charge is 0.0704 e. The van der Waals surface area contributed by atoms with Crippen molar-refractivity contribution in [3.63, 3.8) is 0 Å². The first kappa shape index (κ1) is 15.0. The third-order valence-electron chi connectivity index (χ3n) is 4.44. The normalized spacial score (nSPS) is 14.3. The maximum absolute atomic E-state index is 9.85. The molecule has 0 aliphatic carbocycles. The summed E-state index contributed by atoms with van der Waals surface area (Å²) < 4.78 is 0. The molecule has 0 saturated heterocycles. The highest BCUT2D eigenvalue weighted by atomic mass is 35.5. The van der Waals surface area contributed by atoms with Gasteiger partial charge < -0.3 is 10.8 Å². The molecule has 0 heterocycles. The molecule has 0 saturated carbocycles. The number of aliphatic hydroxyl groups is 1. The van der Waals surface area contributed by atoms with E-state index in [1.54, 1.807) is 6.92 Å². The fourth-order valence-corrected chi connectivity index (χ4v) is 3.31. The molecule has 22 heavy (non-hydrogen) atoms. The predicted octanol–water partition coefficient (Wildman–Crippen LogP) is 4.39. The highest BCUT2D eigenvalue weighted by Gasteiger charge is 2.17. The van der Waals surface area contributed by atoms with Crippen molar-refractivity contribution < 1.29 is 5.11 Å². The van der Waals surface area contributed by atoms with Crippen LogP contribution in [0.1, 0.15) is 18.5 Å². The Morgan fingerprint density at radius 3 is 2.00 bits per heavy atom. The van der Waals surface area contributed by atoms with Gasteiger partial charge in [-0.3, -0.25) is 0 Å². The molecule has 0 aliphatic heterocycles. The summed E-state index contributed by atoms with van der Waals surface area (Å²) in [6, 6.07) is 18.7. The van der Waals surface area contributed by atoms with E-state index in [0.717, 1.165) is 10.9 Å². The van der Waals surface area contributed by atoms with Gasteiger partial charge in [0, 0.05) is 0 Å². The Labute approximate surface area is 135 Å². The molecule has 0 unspecified atom stereocenters. The average Bonchev–Trinajstić information content (AvgIpc) is 2.51. The van der Waals surface area contributed by atoms with Gasteiger partial charge >= 0.3 is 0 Å². The average molecular weight is 312 g/mol. The van der Waals surface area contributed by atoms with Crippen molar-refractivity contribution in [3.8, 4) is 0 Å². The largest absolute Gasteiger partial charge is 0.391 e. The van der Waals surface area contributed by atoms with Crippen molar-refractivity contribution in [3.05, 3.63) is 60.2 Å². The molecule has 3 N–H and O–H groups in total. The monoisotopic (exact) mass is 311 g/mol. The number of nitrogens with two attached hydrogens (primary N) is 1. The summed E-state index contributed by atoms with van der Waals surface area (Å²) in [7, 11) is 0. The number of halogens is 1. The van der Waals surface area contributed by atoms with Gasteiger partial charge in [-0.15, -0.1) is 12.4 Å². The molecular formula is C19H18ClNO. The van der Waals surface area contributed by atoms with Crippen molar-refractivity contribution in [1.82, 2.24) is 0 Å². The summed E-state index contributed by atoms with van der Waals surface area (Å²) in [6.07, 6.45) is -0.566. The minimum Gasteiger partial charge on any atom is -0.391 e. The molecule has 2 nitrogen and oxygen atoms in total. The third-order valence-corrected chi connectivity index (χ3v) is 4.44. The van der Waals surface area contributed by atoms with E-state index in [2.05, 4.69) is 48.5 Å². The van der Waals surface area contributed by atoms with Crippen molar-refractivity contribution in [2.75, 3.05) is 0 Å². The zero-order valence-corrected chi connectivity index (χ0v) is 13.1. The van der Waals surface area contributed by atoms with Crippen molar-refractivity contribution >= 4 is 44.7 Å². The van der Waals surface area contributed by atoms with Crippen LogP contribution >= 0.6 is 12.4 Å². The molecule has 0 radical (unpaired) electrons. The van der Waals surface area contributed by atoms with Gasteiger partial charge in [0.2, 0.25) is 0 Å². The summed E-state index contributed by atoms with van der Waals surface area (Å²) in [4.78, 5) is 0. The fourth-order valence-electron chi connectivity index (χ4n) is 3.31. The zero-order valence-electron chi connectivity index (χ0n) is 12.3. The Morgan fingerprint density at radius 1 is 0.818 bits per heavy atom. The van der Waals surface area contributed by atoms with E-state index in [1.165, 1.54) is 26.9 Å². The third kappa shape index (κ3) is 2.03. The minimum atomic E-state index is -0.566. The number of hydrogen-bond acceptors (Lipinski definition) is 2. The lowest BCUT2D eigenvalue weighted by molar-refractivity contribution is 0.165. The van der Waals surface area contributed by atoms with Crippen molar-refractivity contribution in [2.24, 2.45) is 5.73 Å². The Morgan fingerprint density at radius 2 is 1.36 bits per heavy atom. The SMILES string of the molecule is C[C@H](O)[C@H](N)c1ccc2ccc3cccc4ccc1c2c34.Cl. The van der Waals surface area contributed by atoms with Gasteiger partial charge in [-0.1, -0.05) is 54.6 Å². The lowest BCUT2D eigenvalue weighted by atomic mass is 9.89. The topological polar surface area (TPSA) is 46.2 Å². The zero-order chi connectivity index (χ0) is 14.6. The van der Waals surface area contributed by atoms with Gasteiger partial charge in [0.25, 0.3) is 0 Å². The van der Waals surface area contributed by atoms with Gasteiger partial charge in [-0.2, -0.15) is 0 Å². The summed E-state index contributed by atoms with van der Waals surface area (Å²) in [6.45, 7) is 1.74. The second kappa shape index (κ2) is 5.40. The maximum Gasteiger partial charge on any atom is 0.0704 e. The molecule has 4 aromatic carbocycles. The molecule has 0 bridgehead atoms. The quantitative estimate of drug-likeness (QED) is 0.539. The van der Waals surface area contributed by atoms with E-state index in [1.807, 2.05) is 6.07 Å². The number of hydrogen-bond donors (Lipinski definition) is 2. The predicted molar refractivity (Wildman–Crippen MR) is 96.0 cm³/mol. The highest BCUT2D eigenvalue weighted by molar-refractivity contribution is 6.23. The fraction of sp³-hybridized carbons (Fsp3) is 0.158. The van der Waals surface area contributed by atoms with Crippen LogP contribution in [0.2, 0.25) is 0 Å². The lowest BCUT2D eigenvalue weighted by Crippen LogP contribution is -2.23. The molecule has 4 rings (SSSR count). The second-order valence-corrected chi connectivity index (χ2v) is 5.78. The van der Waals surface area contributed by atoms with Crippen LogP contribution in [0.25, 0.3) is 32.3 Å². The molecule has 0 fully saturated rings. The Bertz CT molecular complexity index is 932. The Hall–Kier alpha value is -1.87. The molecule has 0 spiro atoms. The van der Waals surface area contributed by atoms with Crippen LogP contribution in [0, 0.1) is 0 Å².